The Morgan fingerprint density at radius 2 is 1.96 bits per heavy atom. The number of halogens is 1. The number of benzene rings is 1. The van der Waals surface area contributed by atoms with E-state index in [1.807, 2.05) is 6.07 Å². The minimum atomic E-state index is -0.618. The van der Waals surface area contributed by atoms with Crippen molar-refractivity contribution in [3.05, 3.63) is 48.3 Å². The van der Waals surface area contributed by atoms with Gasteiger partial charge in [0.05, 0.1) is 11.5 Å². The molecule has 1 saturated carbocycles. The van der Waals surface area contributed by atoms with Gasteiger partial charge in [-0.3, -0.25) is 9.59 Å². The summed E-state index contributed by atoms with van der Waals surface area (Å²) in [5.74, 6) is -0.729. The summed E-state index contributed by atoms with van der Waals surface area (Å²) in [5.41, 5.74) is -0.0386. The Labute approximate surface area is 148 Å². The standard InChI is InChI=1S/C20H25FN2O2/c1-2-18(24)23-13-7-8-15(14-23)19(25)22-20(11-5-6-12-20)16-9-3-4-10-17(16)21/h2-4,9-10,15H,1,5-8,11-14H2,(H,22,25). The van der Waals surface area contributed by atoms with Gasteiger partial charge in [-0.25, -0.2) is 4.39 Å². The van der Waals surface area contributed by atoms with E-state index in [-0.39, 0.29) is 23.5 Å². The van der Waals surface area contributed by atoms with E-state index < -0.39 is 5.54 Å². The molecule has 0 aromatic heterocycles. The number of hydrogen-bond donors (Lipinski definition) is 1. The average Bonchev–Trinajstić information content (AvgIpc) is 3.10. The molecule has 134 valence electrons. The molecule has 0 radical (unpaired) electrons. The number of hydrogen-bond acceptors (Lipinski definition) is 2. The summed E-state index contributed by atoms with van der Waals surface area (Å²) < 4.78 is 14.4. The minimum Gasteiger partial charge on any atom is -0.346 e. The molecule has 4 nitrogen and oxygen atoms in total. The summed E-state index contributed by atoms with van der Waals surface area (Å²) in [5, 5.41) is 3.15. The van der Waals surface area contributed by atoms with Crippen molar-refractivity contribution in [2.24, 2.45) is 5.92 Å². The fraction of sp³-hybridized carbons (Fsp3) is 0.500. The molecule has 1 unspecified atom stereocenters. The first-order valence-corrected chi connectivity index (χ1v) is 9.04. The van der Waals surface area contributed by atoms with Gasteiger partial charge in [-0.1, -0.05) is 37.6 Å². The quantitative estimate of drug-likeness (QED) is 0.853. The van der Waals surface area contributed by atoms with Gasteiger partial charge in [0.2, 0.25) is 11.8 Å². The predicted octanol–water partition coefficient (Wildman–Crippen LogP) is 3.14. The molecule has 3 rings (SSSR count). The minimum absolute atomic E-state index is 0.0771. The van der Waals surface area contributed by atoms with Gasteiger partial charge in [-0.2, -0.15) is 0 Å². The highest BCUT2D eigenvalue weighted by Crippen LogP contribution is 2.40. The average molecular weight is 344 g/mol. The molecule has 1 aliphatic heterocycles. The SMILES string of the molecule is C=CC(=O)N1CCCC(C(=O)NC2(c3ccccc3F)CCCC2)C1. The topological polar surface area (TPSA) is 49.4 Å². The third-order valence-electron chi connectivity index (χ3n) is 5.49. The molecule has 0 bridgehead atoms. The summed E-state index contributed by atoms with van der Waals surface area (Å²) in [7, 11) is 0. The molecule has 2 amide bonds. The van der Waals surface area contributed by atoms with Crippen molar-refractivity contribution in [1.82, 2.24) is 10.2 Å². The van der Waals surface area contributed by atoms with Crippen molar-refractivity contribution in [3.8, 4) is 0 Å². The van der Waals surface area contributed by atoms with Gasteiger partial charge in [0, 0.05) is 18.7 Å². The molecule has 1 saturated heterocycles. The first kappa shape index (κ1) is 17.6. The van der Waals surface area contributed by atoms with Crippen LogP contribution in [-0.4, -0.2) is 29.8 Å². The van der Waals surface area contributed by atoms with Crippen molar-refractivity contribution in [3.63, 3.8) is 0 Å². The Hall–Kier alpha value is -2.17. The molecule has 2 aliphatic rings. The maximum Gasteiger partial charge on any atom is 0.245 e. The molecule has 1 aromatic carbocycles. The highest BCUT2D eigenvalue weighted by molar-refractivity contribution is 5.88. The van der Waals surface area contributed by atoms with Crippen molar-refractivity contribution in [1.29, 1.82) is 0 Å². The van der Waals surface area contributed by atoms with Crippen LogP contribution in [0.3, 0.4) is 0 Å². The number of carbonyl (C=O) groups is 2. The Bertz CT molecular complexity index is 667. The highest BCUT2D eigenvalue weighted by atomic mass is 19.1. The second kappa shape index (κ2) is 7.38. The second-order valence-electron chi connectivity index (χ2n) is 7.09. The molecule has 1 atom stereocenters. The zero-order chi connectivity index (χ0) is 17.9. The maximum absolute atomic E-state index is 14.4. The first-order chi connectivity index (χ1) is 12.1. The number of carbonyl (C=O) groups excluding carboxylic acids is 2. The Kier molecular flexibility index (Phi) is 5.21. The molecule has 25 heavy (non-hydrogen) atoms. The Morgan fingerprint density at radius 1 is 1.24 bits per heavy atom. The van der Waals surface area contributed by atoms with Crippen LogP contribution in [-0.2, 0) is 15.1 Å². The van der Waals surface area contributed by atoms with E-state index in [0.717, 1.165) is 38.5 Å². The fourth-order valence-electron chi connectivity index (χ4n) is 4.15. The van der Waals surface area contributed by atoms with Gasteiger partial charge >= 0.3 is 0 Å². The first-order valence-electron chi connectivity index (χ1n) is 9.04. The summed E-state index contributed by atoms with van der Waals surface area (Å²) in [6, 6.07) is 6.71. The zero-order valence-electron chi connectivity index (χ0n) is 14.5. The molecule has 0 spiro atoms. The monoisotopic (exact) mass is 344 g/mol. The molecular weight excluding hydrogens is 319 g/mol. The van der Waals surface area contributed by atoms with E-state index in [1.165, 1.54) is 12.1 Å². The Balaban J connectivity index is 1.77. The molecule has 2 fully saturated rings. The zero-order valence-corrected chi connectivity index (χ0v) is 14.5. The van der Waals surface area contributed by atoms with Crippen LogP contribution in [0.4, 0.5) is 4.39 Å². The highest BCUT2D eigenvalue weighted by Gasteiger charge is 2.40. The van der Waals surface area contributed by atoms with Gasteiger partial charge in [-0.15, -0.1) is 0 Å². The molecule has 1 N–H and O–H groups in total. The van der Waals surface area contributed by atoms with E-state index in [4.69, 9.17) is 0 Å². The van der Waals surface area contributed by atoms with Crippen LogP contribution in [0.25, 0.3) is 0 Å². The lowest BCUT2D eigenvalue weighted by molar-refractivity contribution is -0.133. The van der Waals surface area contributed by atoms with Crippen LogP contribution in [0.5, 0.6) is 0 Å². The van der Waals surface area contributed by atoms with E-state index in [0.29, 0.717) is 18.7 Å². The van der Waals surface area contributed by atoms with Crippen LogP contribution in [0.2, 0.25) is 0 Å². The van der Waals surface area contributed by atoms with E-state index in [1.54, 1.807) is 17.0 Å². The van der Waals surface area contributed by atoms with Crippen LogP contribution in [0.1, 0.15) is 44.1 Å². The summed E-state index contributed by atoms with van der Waals surface area (Å²) in [6.45, 7) is 4.58. The summed E-state index contributed by atoms with van der Waals surface area (Å²) >= 11 is 0. The second-order valence-corrected chi connectivity index (χ2v) is 7.09. The normalized spacial score (nSPS) is 22.4. The third kappa shape index (κ3) is 3.60. The lowest BCUT2D eigenvalue weighted by Gasteiger charge is -2.36. The molecular formula is C20H25FN2O2. The molecule has 1 aromatic rings. The van der Waals surface area contributed by atoms with Crippen molar-refractivity contribution >= 4 is 11.8 Å². The maximum atomic E-state index is 14.4. The van der Waals surface area contributed by atoms with Crippen LogP contribution >= 0.6 is 0 Å². The number of amides is 2. The molecule has 1 aliphatic carbocycles. The van der Waals surface area contributed by atoms with Crippen molar-refractivity contribution < 1.29 is 14.0 Å². The van der Waals surface area contributed by atoms with Crippen molar-refractivity contribution in [2.75, 3.05) is 13.1 Å². The lowest BCUT2D eigenvalue weighted by Crippen LogP contribution is -2.51. The summed E-state index contributed by atoms with van der Waals surface area (Å²) in [4.78, 5) is 26.4. The van der Waals surface area contributed by atoms with Crippen LogP contribution in [0.15, 0.2) is 36.9 Å². The number of nitrogens with zero attached hydrogens (tertiary/aromatic N) is 1. The number of piperidine rings is 1. The van der Waals surface area contributed by atoms with E-state index >= 15 is 0 Å². The molecule has 1 heterocycles. The van der Waals surface area contributed by atoms with Gasteiger partial charge < -0.3 is 10.2 Å². The van der Waals surface area contributed by atoms with Gasteiger partial charge in [0.15, 0.2) is 0 Å². The fourth-order valence-corrected chi connectivity index (χ4v) is 4.15. The van der Waals surface area contributed by atoms with Gasteiger partial charge in [-0.05, 0) is 37.8 Å². The largest absolute Gasteiger partial charge is 0.346 e. The molecule has 5 heteroatoms. The third-order valence-corrected chi connectivity index (χ3v) is 5.49. The smallest absolute Gasteiger partial charge is 0.245 e. The number of likely N-dealkylation sites (tertiary alicyclic amines) is 1. The summed E-state index contributed by atoms with van der Waals surface area (Å²) in [6.07, 6.45) is 6.28. The Morgan fingerprint density at radius 3 is 2.64 bits per heavy atom. The number of nitrogens with one attached hydrogen (secondary N) is 1. The van der Waals surface area contributed by atoms with E-state index in [2.05, 4.69) is 11.9 Å². The number of rotatable bonds is 4. The van der Waals surface area contributed by atoms with Gasteiger partial charge in [0.1, 0.15) is 5.82 Å². The van der Waals surface area contributed by atoms with Crippen LogP contribution in [0, 0.1) is 11.7 Å². The van der Waals surface area contributed by atoms with Gasteiger partial charge in [0.25, 0.3) is 0 Å². The predicted molar refractivity (Wildman–Crippen MR) is 94.2 cm³/mol. The lowest BCUT2D eigenvalue weighted by atomic mass is 9.86. The van der Waals surface area contributed by atoms with Crippen LogP contribution < -0.4 is 5.32 Å². The van der Waals surface area contributed by atoms with E-state index in [9.17, 15) is 14.0 Å². The van der Waals surface area contributed by atoms with Crippen molar-refractivity contribution in [2.45, 2.75) is 44.1 Å².